The monoisotopic (exact) mass is 886 g/mol. The number of ketones is 4. The van der Waals surface area contributed by atoms with Crippen LogP contribution in [0.5, 0.6) is 0 Å². The number of halogens is 4. The minimum Gasteiger partial charge on any atom is -0.459 e. The van der Waals surface area contributed by atoms with Gasteiger partial charge < -0.3 is 9.47 Å². The Hall–Kier alpha value is -6.94. The minimum absolute atomic E-state index is 0.134. The van der Waals surface area contributed by atoms with Crippen molar-refractivity contribution < 1.29 is 55.8 Å². The summed E-state index contributed by atoms with van der Waals surface area (Å²) in [5.41, 5.74) is -2.59. The molecule has 3 aliphatic rings. The standard InChI is InChI=1S/C47H22F4O8S3/c48-32-15-25-26(16-33(32)49)39(53)29(38(25)52)11-23-13-31-42(60-23)44-37(43-36(62-44)14-24(61-43)12-30-40(54)27-17-34(50)35(51)18-28(27)41(30)55)47(31,45(56)58-19-21-7-3-1-4-8-21)46(57)59-20-22-9-5-2-6-10-22/h1-18H,19-20H2. The van der Waals surface area contributed by atoms with Crippen molar-refractivity contribution in [3.63, 3.8) is 0 Å². The Balaban J connectivity index is 1.14. The highest BCUT2D eigenvalue weighted by Crippen LogP contribution is 2.61. The number of esters is 2. The molecule has 0 radical (unpaired) electrons. The van der Waals surface area contributed by atoms with E-state index in [1.165, 1.54) is 29.6 Å². The van der Waals surface area contributed by atoms with E-state index in [0.29, 0.717) is 59.4 Å². The van der Waals surface area contributed by atoms with Gasteiger partial charge in [-0.15, -0.1) is 34.0 Å². The summed E-state index contributed by atoms with van der Waals surface area (Å²) in [6.07, 6.45) is 2.55. The van der Waals surface area contributed by atoms with E-state index in [2.05, 4.69) is 0 Å². The molecule has 15 heteroatoms. The van der Waals surface area contributed by atoms with Crippen molar-refractivity contribution >= 4 is 90.6 Å². The molecular formula is C47H22F4O8S3. The van der Waals surface area contributed by atoms with Crippen molar-refractivity contribution in [3.8, 4) is 9.75 Å². The van der Waals surface area contributed by atoms with Crippen LogP contribution in [0.3, 0.4) is 0 Å². The van der Waals surface area contributed by atoms with Crippen molar-refractivity contribution in [1.82, 2.24) is 0 Å². The van der Waals surface area contributed by atoms with Crippen LogP contribution in [-0.2, 0) is 37.7 Å². The van der Waals surface area contributed by atoms with Crippen LogP contribution in [0.4, 0.5) is 17.6 Å². The lowest BCUT2D eigenvalue weighted by Gasteiger charge is -2.26. The Morgan fingerprint density at radius 1 is 0.532 bits per heavy atom. The minimum atomic E-state index is -2.31. The Kier molecular flexibility index (Phi) is 9.24. The van der Waals surface area contributed by atoms with Gasteiger partial charge in [0.25, 0.3) is 0 Å². The normalized spacial score (nSPS) is 14.6. The summed E-state index contributed by atoms with van der Waals surface area (Å²) in [4.78, 5) is 85.0. The maximum Gasteiger partial charge on any atom is 0.333 e. The number of allylic oxidation sites excluding steroid dienone is 2. The van der Waals surface area contributed by atoms with E-state index in [-0.39, 0.29) is 62.6 Å². The van der Waals surface area contributed by atoms with Crippen LogP contribution < -0.4 is 0 Å². The molecule has 0 spiro atoms. The van der Waals surface area contributed by atoms with E-state index >= 15 is 9.59 Å². The van der Waals surface area contributed by atoms with Gasteiger partial charge in [0.15, 0.2) is 46.4 Å². The van der Waals surface area contributed by atoms with Crippen molar-refractivity contribution in [3.05, 3.63) is 186 Å². The van der Waals surface area contributed by atoms with Gasteiger partial charge in [0.05, 0.1) is 25.6 Å². The fourth-order valence-electron chi connectivity index (χ4n) is 7.89. The molecule has 0 unspecified atom stereocenters. The number of carbonyl (C=O) groups excluding carboxylic acids is 6. The molecule has 0 saturated heterocycles. The second kappa shape index (κ2) is 14.6. The van der Waals surface area contributed by atoms with Crippen molar-refractivity contribution in [2.75, 3.05) is 0 Å². The number of rotatable bonds is 8. The van der Waals surface area contributed by atoms with Gasteiger partial charge in [-0.2, -0.15) is 0 Å². The molecule has 8 nitrogen and oxygen atoms in total. The highest BCUT2D eigenvalue weighted by atomic mass is 32.1. The topological polar surface area (TPSA) is 121 Å². The molecular weight excluding hydrogens is 865 g/mol. The summed E-state index contributed by atoms with van der Waals surface area (Å²) in [5, 5.41) is 0. The lowest BCUT2D eigenvalue weighted by molar-refractivity contribution is -0.164. The third kappa shape index (κ3) is 5.98. The summed E-state index contributed by atoms with van der Waals surface area (Å²) < 4.78 is 69.4. The number of benzene rings is 4. The van der Waals surface area contributed by atoms with Gasteiger partial charge in [-0.1, -0.05) is 60.7 Å². The first-order valence-corrected chi connectivity index (χ1v) is 21.0. The van der Waals surface area contributed by atoms with Gasteiger partial charge in [-0.05, 0) is 59.7 Å². The van der Waals surface area contributed by atoms with Gasteiger partial charge in [0.1, 0.15) is 13.2 Å². The van der Waals surface area contributed by atoms with Gasteiger partial charge >= 0.3 is 11.9 Å². The van der Waals surface area contributed by atoms with Crippen LogP contribution in [0.25, 0.3) is 31.3 Å². The molecule has 62 heavy (non-hydrogen) atoms. The first-order valence-electron chi connectivity index (χ1n) is 18.6. The SMILES string of the molecule is O=C1C(=Cc2cc3c(s2)-c2sc4cc(C=C5C(=O)c6cc(F)c(F)cc6C5=O)sc4c2C3(C(=O)OCc2ccccc2)C(=O)OCc2ccccc2)C(=O)c2cc(F)c(F)cc21. The Morgan fingerprint density at radius 3 is 1.39 bits per heavy atom. The smallest absolute Gasteiger partial charge is 0.333 e. The highest BCUT2D eigenvalue weighted by Gasteiger charge is 2.61. The summed E-state index contributed by atoms with van der Waals surface area (Å²) in [6.45, 7) is -0.483. The molecule has 3 aliphatic carbocycles. The number of carbonyl (C=O) groups is 6. The number of thiophene rings is 3. The van der Waals surface area contributed by atoms with Crippen LogP contribution in [0, 0.1) is 23.3 Å². The summed E-state index contributed by atoms with van der Waals surface area (Å²) >= 11 is 3.30. The number of ether oxygens (including phenoxy) is 2. The number of hydrogen-bond donors (Lipinski definition) is 0. The van der Waals surface area contributed by atoms with Crippen LogP contribution >= 0.6 is 34.0 Å². The molecule has 0 N–H and O–H groups in total. The van der Waals surface area contributed by atoms with E-state index in [1.54, 1.807) is 66.7 Å². The molecule has 0 saturated carbocycles. The molecule has 4 aromatic carbocycles. The molecule has 0 bridgehead atoms. The molecule has 0 atom stereocenters. The van der Waals surface area contributed by atoms with Crippen molar-refractivity contribution in [2.24, 2.45) is 0 Å². The lowest BCUT2D eigenvalue weighted by Crippen LogP contribution is -2.45. The zero-order chi connectivity index (χ0) is 43.2. The summed E-state index contributed by atoms with van der Waals surface area (Å²) in [7, 11) is 0. The lowest BCUT2D eigenvalue weighted by atomic mass is 9.79. The summed E-state index contributed by atoms with van der Waals surface area (Å²) in [5.74, 6) is -10.4. The molecule has 0 amide bonds. The molecule has 0 fully saturated rings. The second-order valence-electron chi connectivity index (χ2n) is 14.5. The summed E-state index contributed by atoms with van der Waals surface area (Å²) in [6, 6.07) is 23.3. The fourth-order valence-corrected chi connectivity index (χ4v) is 11.9. The van der Waals surface area contributed by atoms with E-state index in [0.717, 1.165) is 22.7 Å². The van der Waals surface area contributed by atoms with Gasteiger partial charge in [-0.25, -0.2) is 17.6 Å². The maximum absolute atomic E-state index is 15.0. The van der Waals surface area contributed by atoms with E-state index in [9.17, 15) is 36.7 Å². The molecule has 3 aromatic heterocycles. The second-order valence-corrected chi connectivity index (χ2v) is 17.7. The third-order valence-electron chi connectivity index (χ3n) is 10.8. The van der Waals surface area contributed by atoms with Gasteiger partial charge in [0.2, 0.25) is 5.41 Å². The maximum atomic E-state index is 15.0. The van der Waals surface area contributed by atoms with Gasteiger partial charge in [-0.3, -0.25) is 28.8 Å². The third-order valence-corrected chi connectivity index (χ3v) is 14.4. The number of Topliss-reactive ketones (excluding diaryl/α,β-unsaturated/α-hetero) is 4. The average molecular weight is 887 g/mol. The van der Waals surface area contributed by atoms with Crippen LogP contribution in [0.2, 0.25) is 0 Å². The zero-order valence-electron chi connectivity index (χ0n) is 31.3. The van der Waals surface area contributed by atoms with E-state index in [4.69, 9.17) is 9.47 Å². The highest BCUT2D eigenvalue weighted by molar-refractivity contribution is 7.32. The van der Waals surface area contributed by atoms with Crippen LogP contribution in [0.15, 0.2) is 108 Å². The molecule has 0 aliphatic heterocycles. The number of fused-ring (bicyclic) bond motifs is 7. The Morgan fingerprint density at radius 2 is 0.952 bits per heavy atom. The Bertz CT molecular complexity index is 3110. The molecule has 3 heterocycles. The predicted octanol–water partition coefficient (Wildman–Crippen LogP) is 10.3. The molecule has 7 aromatic rings. The predicted molar refractivity (Wildman–Crippen MR) is 222 cm³/mol. The van der Waals surface area contributed by atoms with Crippen LogP contribution in [-0.4, -0.2) is 35.1 Å². The first kappa shape index (κ1) is 39.2. The van der Waals surface area contributed by atoms with Gasteiger partial charge in [0, 0.05) is 47.8 Å². The molecule has 304 valence electrons. The Labute approximate surface area is 359 Å². The quantitative estimate of drug-likeness (QED) is 0.0486. The van der Waals surface area contributed by atoms with E-state index in [1.807, 2.05) is 0 Å². The molecule has 10 rings (SSSR count). The average Bonchev–Trinajstić information content (AvgIpc) is 4.08. The van der Waals surface area contributed by atoms with Crippen molar-refractivity contribution in [1.29, 1.82) is 0 Å². The largest absolute Gasteiger partial charge is 0.459 e. The first-order chi connectivity index (χ1) is 29.8. The van der Waals surface area contributed by atoms with E-state index < -0.39 is 63.8 Å². The van der Waals surface area contributed by atoms with Crippen molar-refractivity contribution in [2.45, 2.75) is 18.6 Å². The zero-order valence-corrected chi connectivity index (χ0v) is 33.8. The van der Waals surface area contributed by atoms with Crippen LogP contribution in [0.1, 0.15) is 73.4 Å². The number of hydrogen-bond acceptors (Lipinski definition) is 11. The fraction of sp³-hybridized carbons (Fsp3) is 0.0638.